The van der Waals surface area contributed by atoms with E-state index < -0.39 is 0 Å². The van der Waals surface area contributed by atoms with Crippen LogP contribution in [0.4, 0.5) is 11.5 Å². The third kappa shape index (κ3) is 4.66. The highest BCUT2D eigenvalue weighted by molar-refractivity contribution is 6.30. The SMILES string of the molecule is O=C(CCN1CCN(c2ccc(Cl)cn2)CC1)Nc1cccnc1. The molecule has 7 heteroatoms. The molecule has 0 radical (unpaired) electrons. The lowest BCUT2D eigenvalue weighted by atomic mass is 10.2. The van der Waals surface area contributed by atoms with E-state index in [4.69, 9.17) is 11.6 Å². The van der Waals surface area contributed by atoms with Gasteiger partial charge < -0.3 is 10.2 Å². The molecule has 1 aliphatic heterocycles. The summed E-state index contributed by atoms with van der Waals surface area (Å²) in [6.45, 7) is 4.40. The Kier molecular flexibility index (Phi) is 5.61. The molecule has 2 aromatic heterocycles. The topological polar surface area (TPSA) is 61.4 Å². The molecule has 1 saturated heterocycles. The van der Waals surface area contributed by atoms with Gasteiger partial charge in [0.2, 0.25) is 5.91 Å². The minimum absolute atomic E-state index is 0.0183. The summed E-state index contributed by atoms with van der Waals surface area (Å²) in [6, 6.07) is 7.45. The zero-order chi connectivity index (χ0) is 16.8. The molecule has 24 heavy (non-hydrogen) atoms. The van der Waals surface area contributed by atoms with Crippen LogP contribution in [-0.4, -0.2) is 53.5 Å². The van der Waals surface area contributed by atoms with E-state index in [1.807, 2.05) is 18.2 Å². The summed E-state index contributed by atoms with van der Waals surface area (Å²) < 4.78 is 0. The molecule has 0 atom stereocenters. The second kappa shape index (κ2) is 8.08. The third-order valence-electron chi connectivity index (χ3n) is 4.01. The zero-order valence-electron chi connectivity index (χ0n) is 13.4. The van der Waals surface area contributed by atoms with Crippen LogP contribution in [0.3, 0.4) is 0 Å². The van der Waals surface area contributed by atoms with Crippen LogP contribution >= 0.6 is 11.6 Å². The smallest absolute Gasteiger partial charge is 0.225 e. The van der Waals surface area contributed by atoms with Gasteiger partial charge in [-0.2, -0.15) is 0 Å². The van der Waals surface area contributed by atoms with Crippen LogP contribution in [0.15, 0.2) is 42.9 Å². The van der Waals surface area contributed by atoms with Crippen molar-refractivity contribution in [3.63, 3.8) is 0 Å². The van der Waals surface area contributed by atoms with E-state index in [2.05, 4.69) is 25.1 Å². The van der Waals surface area contributed by atoms with Crippen molar-refractivity contribution in [2.75, 3.05) is 42.9 Å². The summed E-state index contributed by atoms with van der Waals surface area (Å²) in [6.07, 6.45) is 5.49. The van der Waals surface area contributed by atoms with Gasteiger partial charge in [0.25, 0.3) is 0 Å². The van der Waals surface area contributed by atoms with Gasteiger partial charge in [0.15, 0.2) is 0 Å². The second-order valence-corrected chi connectivity index (χ2v) is 6.14. The van der Waals surface area contributed by atoms with Crippen LogP contribution in [0, 0.1) is 0 Å². The van der Waals surface area contributed by atoms with Crippen molar-refractivity contribution in [3.8, 4) is 0 Å². The van der Waals surface area contributed by atoms with Gasteiger partial charge in [-0.3, -0.25) is 14.7 Å². The number of amides is 1. The highest BCUT2D eigenvalue weighted by Gasteiger charge is 2.18. The molecule has 3 rings (SSSR count). The maximum absolute atomic E-state index is 12.0. The van der Waals surface area contributed by atoms with Gasteiger partial charge in [-0.1, -0.05) is 11.6 Å². The summed E-state index contributed by atoms with van der Waals surface area (Å²) in [5.74, 6) is 0.971. The Balaban J connectivity index is 1.41. The minimum atomic E-state index is 0.0183. The number of hydrogen-bond acceptors (Lipinski definition) is 5. The van der Waals surface area contributed by atoms with Crippen molar-refractivity contribution in [1.29, 1.82) is 0 Å². The van der Waals surface area contributed by atoms with Crippen LogP contribution < -0.4 is 10.2 Å². The van der Waals surface area contributed by atoms with Gasteiger partial charge in [0.05, 0.1) is 16.9 Å². The molecule has 6 nitrogen and oxygen atoms in total. The molecular weight excluding hydrogens is 326 g/mol. The van der Waals surface area contributed by atoms with Crippen LogP contribution in [0.1, 0.15) is 6.42 Å². The van der Waals surface area contributed by atoms with Gasteiger partial charge in [-0.05, 0) is 24.3 Å². The lowest BCUT2D eigenvalue weighted by Crippen LogP contribution is -2.47. The van der Waals surface area contributed by atoms with Crippen molar-refractivity contribution in [1.82, 2.24) is 14.9 Å². The number of carbonyl (C=O) groups is 1. The largest absolute Gasteiger partial charge is 0.354 e. The maximum Gasteiger partial charge on any atom is 0.225 e. The first kappa shape index (κ1) is 16.7. The number of carbonyl (C=O) groups excluding carboxylic acids is 1. The Hall–Kier alpha value is -2.18. The van der Waals surface area contributed by atoms with E-state index in [-0.39, 0.29) is 5.91 Å². The van der Waals surface area contributed by atoms with Crippen LogP contribution in [0.25, 0.3) is 0 Å². The normalized spacial score (nSPS) is 15.3. The van der Waals surface area contributed by atoms with Crippen molar-refractivity contribution < 1.29 is 4.79 Å². The molecule has 1 amide bonds. The van der Waals surface area contributed by atoms with Crippen molar-refractivity contribution in [2.45, 2.75) is 6.42 Å². The Morgan fingerprint density at radius 2 is 2.00 bits per heavy atom. The number of nitrogens with zero attached hydrogens (tertiary/aromatic N) is 4. The first-order valence-corrected chi connectivity index (χ1v) is 8.37. The molecule has 1 fully saturated rings. The molecule has 0 aliphatic carbocycles. The molecule has 1 N–H and O–H groups in total. The minimum Gasteiger partial charge on any atom is -0.354 e. The van der Waals surface area contributed by atoms with E-state index in [0.29, 0.717) is 11.4 Å². The number of rotatable bonds is 5. The number of pyridine rings is 2. The van der Waals surface area contributed by atoms with Gasteiger partial charge in [0, 0.05) is 51.5 Å². The average Bonchev–Trinajstić information content (AvgIpc) is 2.62. The Morgan fingerprint density at radius 1 is 1.17 bits per heavy atom. The summed E-state index contributed by atoms with van der Waals surface area (Å²) in [4.78, 5) is 24.9. The molecule has 0 unspecified atom stereocenters. The zero-order valence-corrected chi connectivity index (χ0v) is 14.1. The summed E-state index contributed by atoms with van der Waals surface area (Å²) in [7, 11) is 0. The van der Waals surface area contributed by atoms with Crippen molar-refractivity contribution >= 4 is 29.0 Å². The van der Waals surface area contributed by atoms with Crippen LogP contribution in [0.5, 0.6) is 0 Å². The van der Waals surface area contributed by atoms with E-state index >= 15 is 0 Å². The molecule has 126 valence electrons. The van der Waals surface area contributed by atoms with E-state index in [1.165, 1.54) is 0 Å². The first-order chi connectivity index (χ1) is 11.7. The number of aromatic nitrogens is 2. The fourth-order valence-electron chi connectivity index (χ4n) is 2.68. The van der Waals surface area contributed by atoms with E-state index in [9.17, 15) is 4.79 Å². The van der Waals surface area contributed by atoms with E-state index in [1.54, 1.807) is 24.7 Å². The number of anilines is 2. The standard InChI is InChI=1S/C17H20ClN5O/c18-14-3-4-16(20-12-14)23-10-8-22(9-11-23)7-5-17(24)21-15-2-1-6-19-13-15/h1-4,6,12-13H,5,7-11H2,(H,21,24). The number of nitrogens with one attached hydrogen (secondary N) is 1. The Bertz CT molecular complexity index is 656. The third-order valence-corrected chi connectivity index (χ3v) is 4.23. The van der Waals surface area contributed by atoms with E-state index in [0.717, 1.165) is 44.2 Å². The molecule has 2 aromatic rings. The predicted molar refractivity (Wildman–Crippen MR) is 95.4 cm³/mol. The van der Waals surface area contributed by atoms with Crippen LogP contribution in [0.2, 0.25) is 5.02 Å². The highest BCUT2D eigenvalue weighted by Crippen LogP contribution is 2.16. The summed E-state index contributed by atoms with van der Waals surface area (Å²) >= 11 is 5.87. The molecule has 0 saturated carbocycles. The number of piperazine rings is 1. The van der Waals surface area contributed by atoms with Crippen molar-refractivity contribution in [2.24, 2.45) is 0 Å². The average molecular weight is 346 g/mol. The molecule has 1 aliphatic rings. The first-order valence-electron chi connectivity index (χ1n) is 7.99. The predicted octanol–water partition coefficient (Wildman–Crippen LogP) is 2.28. The second-order valence-electron chi connectivity index (χ2n) is 5.70. The molecule has 0 bridgehead atoms. The molecule has 0 spiro atoms. The summed E-state index contributed by atoms with van der Waals surface area (Å²) in [5, 5.41) is 3.51. The fraction of sp³-hybridized carbons (Fsp3) is 0.353. The Labute approximate surface area is 146 Å². The van der Waals surface area contributed by atoms with Gasteiger partial charge in [-0.25, -0.2) is 4.98 Å². The van der Waals surface area contributed by atoms with Crippen LogP contribution in [-0.2, 0) is 4.79 Å². The molecular formula is C17H20ClN5O. The molecule has 3 heterocycles. The summed E-state index contributed by atoms with van der Waals surface area (Å²) in [5.41, 5.74) is 0.737. The van der Waals surface area contributed by atoms with Gasteiger partial charge in [0.1, 0.15) is 5.82 Å². The lowest BCUT2D eigenvalue weighted by molar-refractivity contribution is -0.116. The van der Waals surface area contributed by atoms with Gasteiger partial charge in [-0.15, -0.1) is 0 Å². The molecule has 0 aromatic carbocycles. The fourth-order valence-corrected chi connectivity index (χ4v) is 2.79. The number of halogens is 1. The van der Waals surface area contributed by atoms with Gasteiger partial charge >= 0.3 is 0 Å². The highest BCUT2D eigenvalue weighted by atomic mass is 35.5. The lowest BCUT2D eigenvalue weighted by Gasteiger charge is -2.35. The Morgan fingerprint density at radius 3 is 2.67 bits per heavy atom. The quantitative estimate of drug-likeness (QED) is 0.900. The monoisotopic (exact) mass is 345 g/mol. The van der Waals surface area contributed by atoms with Crippen molar-refractivity contribution in [3.05, 3.63) is 47.9 Å². The number of hydrogen-bond donors (Lipinski definition) is 1. The maximum atomic E-state index is 12.0.